The molecule has 134 valence electrons. The summed E-state index contributed by atoms with van der Waals surface area (Å²) in [5.74, 6) is 0.282. The molecule has 0 amide bonds. The Labute approximate surface area is 158 Å². The molecule has 3 aromatic carbocycles. The van der Waals surface area contributed by atoms with Crippen molar-refractivity contribution in [3.05, 3.63) is 71.8 Å². The van der Waals surface area contributed by atoms with E-state index in [1.807, 2.05) is 18.2 Å². The van der Waals surface area contributed by atoms with Crippen molar-refractivity contribution < 1.29 is 5.11 Å². The minimum Gasteiger partial charge on any atom is -0.508 e. The van der Waals surface area contributed by atoms with E-state index in [0.29, 0.717) is 0 Å². The van der Waals surface area contributed by atoms with Crippen LogP contribution in [-0.4, -0.2) is 28.1 Å². The molecule has 2 heterocycles. The normalized spacial score (nSPS) is 14.6. The third-order valence-corrected chi connectivity index (χ3v) is 5.72. The predicted octanol–water partition coefficient (Wildman–Crippen LogP) is 5.14. The largest absolute Gasteiger partial charge is 0.508 e. The molecule has 27 heavy (non-hydrogen) atoms. The summed E-state index contributed by atoms with van der Waals surface area (Å²) in [4.78, 5) is 7.55. The van der Waals surface area contributed by atoms with Crippen molar-refractivity contribution in [1.82, 2.24) is 9.88 Å². The van der Waals surface area contributed by atoms with Gasteiger partial charge in [0.15, 0.2) is 0 Å². The number of hydrogen-bond donors (Lipinski definition) is 1. The van der Waals surface area contributed by atoms with Crippen LogP contribution >= 0.6 is 0 Å². The van der Waals surface area contributed by atoms with Crippen molar-refractivity contribution in [1.29, 1.82) is 0 Å². The molecule has 1 aliphatic heterocycles. The predicted molar refractivity (Wildman–Crippen MR) is 111 cm³/mol. The van der Waals surface area contributed by atoms with E-state index in [-0.39, 0.29) is 5.75 Å². The highest BCUT2D eigenvalue weighted by Crippen LogP contribution is 2.37. The van der Waals surface area contributed by atoms with Gasteiger partial charge in [0.05, 0.1) is 11.2 Å². The fourth-order valence-electron chi connectivity index (χ4n) is 4.33. The molecular formula is C24H22N2O. The molecule has 1 aliphatic rings. The van der Waals surface area contributed by atoms with E-state index < -0.39 is 0 Å². The van der Waals surface area contributed by atoms with Gasteiger partial charge in [-0.15, -0.1) is 0 Å². The molecule has 0 radical (unpaired) electrons. The molecule has 4 aromatic rings. The van der Waals surface area contributed by atoms with Crippen LogP contribution in [0.3, 0.4) is 0 Å². The van der Waals surface area contributed by atoms with Gasteiger partial charge in [0.1, 0.15) is 5.75 Å². The molecule has 0 unspecified atom stereocenters. The Kier molecular flexibility index (Phi) is 3.83. The van der Waals surface area contributed by atoms with Gasteiger partial charge >= 0.3 is 0 Å². The van der Waals surface area contributed by atoms with Crippen molar-refractivity contribution in [2.24, 2.45) is 0 Å². The Bertz CT molecular complexity index is 1170. The van der Waals surface area contributed by atoms with E-state index in [2.05, 4.69) is 48.2 Å². The Morgan fingerprint density at radius 2 is 1.89 bits per heavy atom. The lowest BCUT2D eigenvalue weighted by molar-refractivity contribution is 0.269. The number of phenols is 1. The molecule has 3 nitrogen and oxygen atoms in total. The summed E-state index contributed by atoms with van der Waals surface area (Å²) in [6.07, 6.45) is 1.03. The van der Waals surface area contributed by atoms with Crippen LogP contribution in [0.4, 0.5) is 0 Å². The van der Waals surface area contributed by atoms with Crippen molar-refractivity contribution in [3.8, 4) is 17.0 Å². The fraction of sp³-hybridized carbons (Fsp3) is 0.208. The topological polar surface area (TPSA) is 36.4 Å². The summed E-state index contributed by atoms with van der Waals surface area (Å²) in [7, 11) is 0. The second-order valence-electron chi connectivity index (χ2n) is 7.27. The van der Waals surface area contributed by atoms with E-state index in [1.165, 1.54) is 27.3 Å². The van der Waals surface area contributed by atoms with Crippen LogP contribution in [0.1, 0.15) is 18.1 Å². The van der Waals surface area contributed by atoms with Gasteiger partial charge in [0.2, 0.25) is 0 Å². The summed E-state index contributed by atoms with van der Waals surface area (Å²) >= 11 is 0. The number of aromatic nitrogens is 1. The lowest BCUT2D eigenvalue weighted by atomic mass is 9.89. The van der Waals surface area contributed by atoms with Crippen LogP contribution in [0.2, 0.25) is 0 Å². The number of phenolic OH excluding ortho intramolecular Hbond substituents is 1. The Morgan fingerprint density at radius 3 is 2.74 bits per heavy atom. The molecule has 1 aromatic heterocycles. The van der Waals surface area contributed by atoms with Crippen LogP contribution in [0.25, 0.3) is 32.9 Å². The first-order valence-corrected chi connectivity index (χ1v) is 9.59. The van der Waals surface area contributed by atoms with Crippen LogP contribution in [-0.2, 0) is 13.0 Å². The van der Waals surface area contributed by atoms with Gasteiger partial charge in [-0.1, -0.05) is 49.4 Å². The third kappa shape index (κ3) is 2.66. The van der Waals surface area contributed by atoms with Crippen molar-refractivity contribution in [2.45, 2.75) is 19.9 Å². The highest BCUT2D eigenvalue weighted by Gasteiger charge is 2.23. The number of aromatic hydroxyl groups is 1. The van der Waals surface area contributed by atoms with Crippen LogP contribution < -0.4 is 0 Å². The first kappa shape index (κ1) is 16.3. The van der Waals surface area contributed by atoms with Crippen LogP contribution in [0.5, 0.6) is 5.75 Å². The van der Waals surface area contributed by atoms with Gasteiger partial charge in [0.25, 0.3) is 0 Å². The average Bonchev–Trinajstić information content (AvgIpc) is 2.72. The van der Waals surface area contributed by atoms with Gasteiger partial charge in [0, 0.05) is 24.0 Å². The zero-order valence-electron chi connectivity index (χ0n) is 15.4. The zero-order chi connectivity index (χ0) is 18.4. The summed E-state index contributed by atoms with van der Waals surface area (Å²) in [5.41, 5.74) is 5.74. The molecule has 5 rings (SSSR count). The van der Waals surface area contributed by atoms with Crippen LogP contribution in [0.15, 0.2) is 60.7 Å². The van der Waals surface area contributed by atoms with Gasteiger partial charge in [-0.25, -0.2) is 4.98 Å². The summed E-state index contributed by atoms with van der Waals surface area (Å²) < 4.78 is 0. The highest BCUT2D eigenvalue weighted by molar-refractivity contribution is 6.09. The van der Waals surface area contributed by atoms with Gasteiger partial charge in [-0.3, -0.25) is 4.90 Å². The molecule has 0 aliphatic carbocycles. The lowest BCUT2D eigenvalue weighted by Gasteiger charge is -2.30. The van der Waals surface area contributed by atoms with E-state index in [9.17, 15) is 5.11 Å². The number of hydrogen-bond acceptors (Lipinski definition) is 3. The molecule has 0 saturated heterocycles. The highest BCUT2D eigenvalue weighted by atomic mass is 16.3. The van der Waals surface area contributed by atoms with Gasteiger partial charge in [-0.05, 0) is 53.1 Å². The minimum absolute atomic E-state index is 0.282. The molecule has 0 bridgehead atoms. The summed E-state index contributed by atoms with van der Waals surface area (Å²) in [6, 6.07) is 20.3. The smallest absolute Gasteiger partial charge is 0.116 e. The molecule has 1 N–H and O–H groups in total. The number of pyridine rings is 1. The lowest BCUT2D eigenvalue weighted by Crippen LogP contribution is -2.31. The summed E-state index contributed by atoms with van der Waals surface area (Å²) in [6.45, 7) is 5.23. The molecule has 0 atom stereocenters. The Hall–Kier alpha value is -2.91. The van der Waals surface area contributed by atoms with E-state index in [1.54, 1.807) is 6.07 Å². The van der Waals surface area contributed by atoms with Crippen molar-refractivity contribution >= 4 is 21.7 Å². The Morgan fingerprint density at radius 1 is 1.00 bits per heavy atom. The first-order chi connectivity index (χ1) is 13.2. The number of benzene rings is 3. The average molecular weight is 354 g/mol. The Balaban J connectivity index is 1.87. The van der Waals surface area contributed by atoms with E-state index >= 15 is 0 Å². The number of fused-ring (bicyclic) bond motifs is 5. The number of likely N-dealkylation sites (N-methyl/N-ethyl adjacent to an activating group) is 1. The SMILES string of the molecule is CCN1CCc2c(c(-c3cccc(O)c3)nc3ccc4ccccc4c23)C1. The standard InChI is InChI=1S/C24H22N2O/c1-2-26-13-12-20-21(15-26)24(17-7-5-8-18(27)14-17)25-22-11-10-16-6-3-4-9-19(16)23(20)22/h3-11,14,27H,2,12-13,15H2,1H3. The fourth-order valence-corrected chi connectivity index (χ4v) is 4.33. The maximum Gasteiger partial charge on any atom is 0.116 e. The van der Waals surface area contributed by atoms with E-state index in [4.69, 9.17) is 4.98 Å². The van der Waals surface area contributed by atoms with Gasteiger partial charge in [-0.2, -0.15) is 0 Å². The molecule has 0 spiro atoms. The molecule has 0 fully saturated rings. The number of rotatable bonds is 2. The molecule has 3 heteroatoms. The third-order valence-electron chi connectivity index (χ3n) is 5.72. The van der Waals surface area contributed by atoms with E-state index in [0.717, 1.165) is 42.8 Å². The maximum absolute atomic E-state index is 9.99. The molecular weight excluding hydrogens is 332 g/mol. The molecule has 0 saturated carbocycles. The second-order valence-corrected chi connectivity index (χ2v) is 7.27. The minimum atomic E-state index is 0.282. The number of nitrogens with zero attached hydrogens (tertiary/aromatic N) is 2. The monoisotopic (exact) mass is 354 g/mol. The van der Waals surface area contributed by atoms with Crippen LogP contribution in [0, 0.1) is 0 Å². The quantitative estimate of drug-likeness (QED) is 0.507. The zero-order valence-corrected chi connectivity index (χ0v) is 15.4. The van der Waals surface area contributed by atoms with Crippen molar-refractivity contribution in [2.75, 3.05) is 13.1 Å². The first-order valence-electron chi connectivity index (χ1n) is 9.59. The van der Waals surface area contributed by atoms with Crippen molar-refractivity contribution in [3.63, 3.8) is 0 Å². The maximum atomic E-state index is 9.99. The van der Waals surface area contributed by atoms with Gasteiger partial charge < -0.3 is 5.11 Å². The summed E-state index contributed by atoms with van der Waals surface area (Å²) in [5, 5.41) is 13.8. The second kappa shape index (κ2) is 6.36.